The summed E-state index contributed by atoms with van der Waals surface area (Å²) in [6.07, 6.45) is 0. The van der Waals surface area contributed by atoms with E-state index in [4.69, 9.17) is 22.1 Å². The van der Waals surface area contributed by atoms with E-state index >= 15 is 0 Å². The van der Waals surface area contributed by atoms with Crippen LogP contribution in [0.2, 0.25) is 5.02 Å². The Hall–Kier alpha value is -1.10. The van der Waals surface area contributed by atoms with Gasteiger partial charge in [0.15, 0.2) is 0 Å². The minimum Gasteiger partial charge on any atom is -0.384 e. The van der Waals surface area contributed by atoms with E-state index in [0.717, 1.165) is 0 Å². The van der Waals surface area contributed by atoms with Crippen molar-refractivity contribution >= 4 is 28.8 Å². The van der Waals surface area contributed by atoms with Crippen LogP contribution in [-0.2, 0) is 18.0 Å². The van der Waals surface area contributed by atoms with Crippen molar-refractivity contribution in [2.24, 2.45) is 0 Å². The molecule has 0 fully saturated rings. The van der Waals surface area contributed by atoms with Gasteiger partial charge in [0.1, 0.15) is 5.82 Å². The first-order chi connectivity index (χ1) is 7.75. The monoisotopic (exact) mass is 254 g/mol. The number of thiophene rings is 1. The van der Waals surface area contributed by atoms with Gasteiger partial charge < -0.3 is 10.5 Å². The summed E-state index contributed by atoms with van der Waals surface area (Å²) >= 11 is 7.62. The average Bonchev–Trinajstić information content (AvgIpc) is 2.76. The number of nitrogens with two attached hydrogens (primary N) is 1. The minimum atomic E-state index is 0.377. The molecule has 0 aliphatic rings. The van der Waals surface area contributed by atoms with Gasteiger partial charge in [0.2, 0.25) is 0 Å². The predicted molar refractivity (Wildman–Crippen MR) is 66.5 cm³/mol. The van der Waals surface area contributed by atoms with E-state index in [0.29, 0.717) is 29.7 Å². The van der Waals surface area contributed by atoms with Gasteiger partial charge in [0, 0.05) is 4.88 Å². The molecule has 0 bridgehead atoms. The number of hydrogen-bond acceptors (Lipinski definition) is 4. The first kappa shape index (κ1) is 11.4. The Morgan fingerprint density at radius 1 is 1.31 bits per heavy atom. The van der Waals surface area contributed by atoms with Gasteiger partial charge in [-0.3, -0.25) is 0 Å². The standard InChI is InChI=1S/C11H11ClN2OS/c12-9-3-4-11(13)14-10(9)7-15-6-8-2-1-5-16-8/h1-5H,6-7H2,(H2,13,14). The maximum Gasteiger partial charge on any atom is 0.123 e. The number of pyridine rings is 1. The predicted octanol–water partition coefficient (Wildman–Crippen LogP) is 3.10. The van der Waals surface area contributed by atoms with Gasteiger partial charge in [-0.05, 0) is 23.6 Å². The van der Waals surface area contributed by atoms with Crippen molar-refractivity contribution in [2.45, 2.75) is 13.2 Å². The van der Waals surface area contributed by atoms with Crippen LogP contribution in [0.15, 0.2) is 29.6 Å². The molecular formula is C11H11ClN2OS. The number of ether oxygens (including phenoxy) is 1. The molecule has 2 aromatic heterocycles. The van der Waals surface area contributed by atoms with E-state index in [9.17, 15) is 0 Å². The SMILES string of the molecule is Nc1ccc(Cl)c(COCc2cccs2)n1. The fraction of sp³-hybridized carbons (Fsp3) is 0.182. The maximum atomic E-state index is 5.96. The van der Waals surface area contributed by atoms with Gasteiger partial charge in [-0.25, -0.2) is 4.98 Å². The van der Waals surface area contributed by atoms with Crippen LogP contribution < -0.4 is 5.73 Å². The van der Waals surface area contributed by atoms with Gasteiger partial charge >= 0.3 is 0 Å². The molecule has 2 rings (SSSR count). The molecular weight excluding hydrogens is 244 g/mol. The van der Waals surface area contributed by atoms with Crippen LogP contribution in [-0.4, -0.2) is 4.98 Å². The van der Waals surface area contributed by atoms with Crippen molar-refractivity contribution in [3.05, 3.63) is 45.2 Å². The summed E-state index contributed by atoms with van der Waals surface area (Å²) in [6, 6.07) is 7.42. The quantitative estimate of drug-likeness (QED) is 0.912. The molecule has 0 amide bonds. The number of halogens is 1. The molecule has 2 heterocycles. The van der Waals surface area contributed by atoms with Crippen LogP contribution in [0.5, 0.6) is 0 Å². The second-order valence-electron chi connectivity index (χ2n) is 3.24. The summed E-state index contributed by atoms with van der Waals surface area (Å²) in [5.41, 5.74) is 6.25. The van der Waals surface area contributed by atoms with Gasteiger partial charge in [-0.2, -0.15) is 0 Å². The van der Waals surface area contributed by atoms with Crippen LogP contribution >= 0.6 is 22.9 Å². The molecule has 0 unspecified atom stereocenters. The molecule has 2 aromatic rings. The number of nitrogen functional groups attached to an aromatic ring is 1. The Bertz CT molecular complexity index is 459. The molecule has 0 saturated heterocycles. The second-order valence-corrected chi connectivity index (χ2v) is 4.68. The van der Waals surface area contributed by atoms with Crippen molar-refractivity contribution in [3.8, 4) is 0 Å². The number of hydrogen-bond donors (Lipinski definition) is 1. The third kappa shape index (κ3) is 2.95. The highest BCUT2D eigenvalue weighted by atomic mass is 35.5. The molecule has 0 aliphatic carbocycles. The Morgan fingerprint density at radius 2 is 2.19 bits per heavy atom. The summed E-state index contributed by atoms with van der Waals surface area (Å²) < 4.78 is 5.51. The van der Waals surface area contributed by atoms with Crippen LogP contribution in [0.3, 0.4) is 0 Å². The fourth-order valence-corrected chi connectivity index (χ4v) is 2.05. The van der Waals surface area contributed by atoms with Crippen molar-refractivity contribution in [3.63, 3.8) is 0 Å². The molecule has 5 heteroatoms. The summed E-state index contributed by atoms with van der Waals surface area (Å²) in [5.74, 6) is 0.458. The van der Waals surface area contributed by atoms with Gasteiger partial charge in [0.25, 0.3) is 0 Å². The molecule has 2 N–H and O–H groups in total. The fourth-order valence-electron chi connectivity index (χ4n) is 1.25. The third-order valence-electron chi connectivity index (χ3n) is 2.00. The molecule has 0 radical (unpaired) electrons. The summed E-state index contributed by atoms with van der Waals surface area (Å²) in [4.78, 5) is 5.30. The van der Waals surface area contributed by atoms with Crippen molar-refractivity contribution < 1.29 is 4.74 Å². The van der Waals surface area contributed by atoms with Gasteiger partial charge in [-0.1, -0.05) is 17.7 Å². The van der Waals surface area contributed by atoms with E-state index in [2.05, 4.69) is 4.98 Å². The van der Waals surface area contributed by atoms with E-state index < -0.39 is 0 Å². The van der Waals surface area contributed by atoms with E-state index in [1.54, 1.807) is 23.5 Å². The lowest BCUT2D eigenvalue weighted by molar-refractivity contribution is 0.107. The largest absolute Gasteiger partial charge is 0.384 e. The highest BCUT2D eigenvalue weighted by Crippen LogP contribution is 2.17. The topological polar surface area (TPSA) is 48.1 Å². The van der Waals surface area contributed by atoms with E-state index in [1.165, 1.54) is 4.88 Å². The second kappa shape index (κ2) is 5.30. The Labute approximate surface area is 103 Å². The summed E-state index contributed by atoms with van der Waals surface area (Å²) in [6.45, 7) is 0.951. The van der Waals surface area contributed by atoms with Gasteiger partial charge in [0.05, 0.1) is 23.9 Å². The molecule has 0 saturated carbocycles. The van der Waals surface area contributed by atoms with E-state index in [-0.39, 0.29) is 0 Å². The Kier molecular flexibility index (Phi) is 3.77. The maximum absolute atomic E-state index is 5.96. The van der Waals surface area contributed by atoms with Crippen LogP contribution in [0.25, 0.3) is 0 Å². The first-order valence-corrected chi connectivity index (χ1v) is 6.02. The minimum absolute atomic E-state index is 0.377. The van der Waals surface area contributed by atoms with Crippen LogP contribution in [0, 0.1) is 0 Å². The summed E-state index contributed by atoms with van der Waals surface area (Å²) in [7, 11) is 0. The highest BCUT2D eigenvalue weighted by molar-refractivity contribution is 7.09. The van der Waals surface area contributed by atoms with E-state index in [1.807, 2.05) is 17.5 Å². The summed E-state index contributed by atoms with van der Waals surface area (Å²) in [5, 5.41) is 2.60. The number of anilines is 1. The molecule has 0 spiro atoms. The van der Waals surface area contributed by atoms with Crippen molar-refractivity contribution in [1.82, 2.24) is 4.98 Å². The molecule has 0 atom stereocenters. The smallest absolute Gasteiger partial charge is 0.123 e. The third-order valence-corrected chi connectivity index (χ3v) is 3.20. The Morgan fingerprint density at radius 3 is 2.94 bits per heavy atom. The average molecular weight is 255 g/mol. The Balaban J connectivity index is 1.92. The van der Waals surface area contributed by atoms with Crippen LogP contribution in [0.1, 0.15) is 10.6 Å². The molecule has 84 valence electrons. The zero-order valence-corrected chi connectivity index (χ0v) is 10.1. The molecule has 0 aromatic carbocycles. The lowest BCUT2D eigenvalue weighted by atomic mass is 10.3. The molecule has 0 aliphatic heterocycles. The molecule has 3 nitrogen and oxygen atoms in total. The lowest BCUT2D eigenvalue weighted by Crippen LogP contribution is -1.99. The first-order valence-electron chi connectivity index (χ1n) is 4.77. The normalized spacial score (nSPS) is 10.6. The number of rotatable bonds is 4. The van der Waals surface area contributed by atoms with Crippen molar-refractivity contribution in [1.29, 1.82) is 0 Å². The zero-order chi connectivity index (χ0) is 11.4. The highest BCUT2D eigenvalue weighted by Gasteiger charge is 2.03. The lowest BCUT2D eigenvalue weighted by Gasteiger charge is -2.05. The van der Waals surface area contributed by atoms with Gasteiger partial charge in [-0.15, -0.1) is 11.3 Å². The number of aromatic nitrogens is 1. The van der Waals surface area contributed by atoms with Crippen LogP contribution in [0.4, 0.5) is 5.82 Å². The zero-order valence-electron chi connectivity index (χ0n) is 8.52. The number of nitrogens with zero attached hydrogens (tertiary/aromatic N) is 1. The molecule has 16 heavy (non-hydrogen) atoms. The van der Waals surface area contributed by atoms with Crippen molar-refractivity contribution in [2.75, 3.05) is 5.73 Å².